The average molecular weight is 514 g/mol. The van der Waals surface area contributed by atoms with Gasteiger partial charge in [-0.1, -0.05) is 12.1 Å². The van der Waals surface area contributed by atoms with Crippen LogP contribution < -0.4 is 10.6 Å². The summed E-state index contributed by atoms with van der Waals surface area (Å²) in [5, 5.41) is 7.48. The van der Waals surface area contributed by atoms with E-state index in [0.29, 0.717) is 6.54 Å². The summed E-state index contributed by atoms with van der Waals surface area (Å²) in [5.41, 5.74) is 1.00. The van der Waals surface area contributed by atoms with Crippen molar-refractivity contribution in [2.24, 2.45) is 4.99 Å². The Morgan fingerprint density at radius 2 is 2.04 bits per heavy atom. The van der Waals surface area contributed by atoms with Crippen molar-refractivity contribution >= 4 is 51.5 Å². The summed E-state index contributed by atoms with van der Waals surface area (Å²) in [6.45, 7) is 5.04. The van der Waals surface area contributed by atoms with Crippen molar-refractivity contribution in [2.75, 3.05) is 26.8 Å². The van der Waals surface area contributed by atoms with Crippen molar-refractivity contribution in [1.82, 2.24) is 15.6 Å². The number of thiazole rings is 1. The predicted molar refractivity (Wildman–Crippen MR) is 127 cm³/mol. The van der Waals surface area contributed by atoms with Crippen LogP contribution in [0, 0.1) is 0 Å². The van der Waals surface area contributed by atoms with Gasteiger partial charge in [-0.15, -0.1) is 35.3 Å². The fourth-order valence-corrected chi connectivity index (χ4v) is 3.56. The summed E-state index contributed by atoms with van der Waals surface area (Å²) in [7, 11) is 1.77. The number of rotatable bonds is 9. The third-order valence-electron chi connectivity index (χ3n) is 4.03. The van der Waals surface area contributed by atoms with E-state index in [-0.39, 0.29) is 24.0 Å². The number of guanidine groups is 1. The van der Waals surface area contributed by atoms with Gasteiger partial charge < -0.3 is 19.8 Å². The molecule has 2 aromatic heterocycles. The number of nitrogens with zero attached hydrogens (tertiary/aromatic N) is 2. The number of benzene rings is 1. The number of hydrogen-bond acceptors (Lipinski definition) is 5. The molecule has 0 aliphatic heterocycles. The Kier molecular flexibility index (Phi) is 9.72. The largest absolute Gasteiger partial charge is 0.457 e. The highest BCUT2D eigenvalue weighted by Gasteiger charge is 2.10. The zero-order chi connectivity index (χ0) is 18.9. The Labute approximate surface area is 186 Å². The molecule has 1 aromatic carbocycles. The molecule has 0 aliphatic carbocycles. The van der Waals surface area contributed by atoms with Gasteiger partial charge in [0.15, 0.2) is 16.7 Å². The zero-order valence-electron chi connectivity index (χ0n) is 16.2. The standard InChI is InChI=1S/C20H26N4O2S.HI/c1-3-25-13-7-6-12-22-20(21-2)23-14-15-10-11-17(26-15)19-24-16-8-4-5-9-18(16)27-19;/h4-5,8-11H,3,6-7,12-14H2,1-2H3,(H2,21,22,23);1H. The van der Waals surface area contributed by atoms with Crippen molar-refractivity contribution in [3.63, 3.8) is 0 Å². The summed E-state index contributed by atoms with van der Waals surface area (Å²) < 4.78 is 12.5. The Bertz CT molecular complexity index is 845. The third-order valence-corrected chi connectivity index (χ3v) is 5.08. The molecule has 2 heterocycles. The number of fused-ring (bicyclic) bond motifs is 1. The van der Waals surface area contributed by atoms with E-state index in [4.69, 9.17) is 9.15 Å². The van der Waals surface area contributed by atoms with Crippen LogP contribution in [0.25, 0.3) is 21.0 Å². The minimum atomic E-state index is 0. The first-order chi connectivity index (χ1) is 13.3. The fraction of sp³-hybridized carbons (Fsp3) is 0.400. The van der Waals surface area contributed by atoms with E-state index in [1.807, 2.05) is 37.3 Å². The van der Waals surface area contributed by atoms with E-state index in [9.17, 15) is 0 Å². The van der Waals surface area contributed by atoms with Crippen molar-refractivity contribution in [3.8, 4) is 10.8 Å². The topological polar surface area (TPSA) is 71.7 Å². The van der Waals surface area contributed by atoms with Gasteiger partial charge in [0.1, 0.15) is 5.76 Å². The van der Waals surface area contributed by atoms with Crippen LogP contribution in [0.4, 0.5) is 0 Å². The minimum Gasteiger partial charge on any atom is -0.457 e. The summed E-state index contributed by atoms with van der Waals surface area (Å²) in [5.74, 6) is 2.42. The van der Waals surface area contributed by atoms with Gasteiger partial charge in [0.05, 0.1) is 16.8 Å². The molecule has 0 bridgehead atoms. The summed E-state index contributed by atoms with van der Waals surface area (Å²) in [4.78, 5) is 8.88. The molecular formula is C20H27IN4O2S. The molecule has 0 unspecified atom stereocenters. The van der Waals surface area contributed by atoms with Gasteiger partial charge in [-0.05, 0) is 44.0 Å². The molecule has 3 rings (SSSR count). The first kappa shape index (κ1) is 22.6. The highest BCUT2D eigenvalue weighted by molar-refractivity contribution is 14.0. The molecular weight excluding hydrogens is 487 g/mol. The maximum Gasteiger partial charge on any atom is 0.191 e. The number of aromatic nitrogens is 1. The highest BCUT2D eigenvalue weighted by atomic mass is 127. The molecule has 0 saturated heterocycles. The molecule has 0 fully saturated rings. The van der Waals surface area contributed by atoms with Crippen LogP contribution in [-0.2, 0) is 11.3 Å². The Morgan fingerprint density at radius 3 is 2.82 bits per heavy atom. The van der Waals surface area contributed by atoms with Gasteiger partial charge in [-0.2, -0.15) is 0 Å². The molecule has 2 N–H and O–H groups in total. The van der Waals surface area contributed by atoms with E-state index < -0.39 is 0 Å². The van der Waals surface area contributed by atoms with Crippen molar-refractivity contribution < 1.29 is 9.15 Å². The van der Waals surface area contributed by atoms with Crippen LogP contribution in [0.5, 0.6) is 0 Å². The van der Waals surface area contributed by atoms with Gasteiger partial charge >= 0.3 is 0 Å². The molecule has 152 valence electrons. The summed E-state index contributed by atoms with van der Waals surface area (Å²) >= 11 is 1.64. The van der Waals surface area contributed by atoms with Crippen LogP contribution in [0.3, 0.4) is 0 Å². The van der Waals surface area contributed by atoms with Crippen LogP contribution >= 0.6 is 35.3 Å². The first-order valence-electron chi connectivity index (χ1n) is 9.27. The van der Waals surface area contributed by atoms with E-state index in [1.54, 1.807) is 18.4 Å². The van der Waals surface area contributed by atoms with Crippen molar-refractivity contribution in [3.05, 3.63) is 42.2 Å². The normalized spacial score (nSPS) is 11.4. The minimum absolute atomic E-state index is 0. The van der Waals surface area contributed by atoms with Gasteiger partial charge in [0, 0.05) is 26.8 Å². The zero-order valence-corrected chi connectivity index (χ0v) is 19.4. The Hall–Kier alpha value is -1.65. The first-order valence-corrected chi connectivity index (χ1v) is 10.1. The van der Waals surface area contributed by atoms with Gasteiger partial charge in [0.25, 0.3) is 0 Å². The maximum absolute atomic E-state index is 5.95. The number of furan rings is 1. The highest BCUT2D eigenvalue weighted by Crippen LogP contribution is 2.30. The molecule has 0 saturated carbocycles. The summed E-state index contributed by atoms with van der Waals surface area (Å²) in [6, 6.07) is 12.1. The van der Waals surface area contributed by atoms with E-state index in [1.165, 1.54) is 0 Å². The quantitative estimate of drug-likeness (QED) is 0.188. The number of hydrogen-bond donors (Lipinski definition) is 2. The number of nitrogens with one attached hydrogen (secondary N) is 2. The van der Waals surface area contributed by atoms with E-state index in [0.717, 1.165) is 65.3 Å². The van der Waals surface area contributed by atoms with Crippen LogP contribution in [-0.4, -0.2) is 37.7 Å². The van der Waals surface area contributed by atoms with Crippen LogP contribution in [0.2, 0.25) is 0 Å². The van der Waals surface area contributed by atoms with Crippen LogP contribution in [0.15, 0.2) is 45.8 Å². The summed E-state index contributed by atoms with van der Waals surface area (Å²) in [6.07, 6.45) is 2.09. The Morgan fingerprint density at radius 1 is 1.18 bits per heavy atom. The molecule has 28 heavy (non-hydrogen) atoms. The third kappa shape index (κ3) is 6.46. The second kappa shape index (κ2) is 12.0. The second-order valence-corrected chi connectivity index (χ2v) is 7.04. The number of ether oxygens (including phenoxy) is 1. The van der Waals surface area contributed by atoms with Crippen LogP contribution in [0.1, 0.15) is 25.5 Å². The molecule has 0 spiro atoms. The van der Waals surface area contributed by atoms with Crippen molar-refractivity contribution in [1.29, 1.82) is 0 Å². The number of aliphatic imine (C=N–C) groups is 1. The number of para-hydroxylation sites is 1. The second-order valence-electron chi connectivity index (χ2n) is 6.01. The SMILES string of the molecule is CCOCCCCNC(=NC)NCc1ccc(-c2nc3ccccc3s2)o1.I. The molecule has 0 atom stereocenters. The van der Waals surface area contributed by atoms with Gasteiger partial charge in [0.2, 0.25) is 0 Å². The number of halogens is 1. The molecule has 0 radical (unpaired) electrons. The van der Waals surface area contributed by atoms with Crippen molar-refractivity contribution in [2.45, 2.75) is 26.3 Å². The maximum atomic E-state index is 5.95. The number of unbranched alkanes of at least 4 members (excludes halogenated alkanes) is 1. The van der Waals surface area contributed by atoms with Gasteiger partial charge in [-0.3, -0.25) is 4.99 Å². The fourth-order valence-electron chi connectivity index (χ4n) is 2.64. The lowest BCUT2D eigenvalue weighted by Crippen LogP contribution is -2.37. The van der Waals surface area contributed by atoms with E-state index >= 15 is 0 Å². The molecule has 8 heteroatoms. The molecule has 0 amide bonds. The molecule has 0 aliphatic rings. The lowest BCUT2D eigenvalue weighted by atomic mass is 10.3. The lowest BCUT2D eigenvalue weighted by molar-refractivity contribution is 0.143. The lowest BCUT2D eigenvalue weighted by Gasteiger charge is -2.10. The monoisotopic (exact) mass is 514 g/mol. The van der Waals surface area contributed by atoms with E-state index in [2.05, 4.69) is 26.7 Å². The Balaban J connectivity index is 0.00000280. The predicted octanol–water partition coefficient (Wildman–Crippen LogP) is 4.66. The smallest absolute Gasteiger partial charge is 0.191 e. The molecule has 6 nitrogen and oxygen atoms in total. The average Bonchev–Trinajstić information content (AvgIpc) is 3.33. The van der Waals surface area contributed by atoms with Gasteiger partial charge in [-0.25, -0.2) is 4.98 Å². The molecule has 3 aromatic rings.